The third-order valence-corrected chi connectivity index (χ3v) is 4.21. The number of benzene rings is 1. The van der Waals surface area contributed by atoms with Gasteiger partial charge in [0.05, 0.1) is 12.3 Å². The van der Waals surface area contributed by atoms with Crippen LogP contribution in [0, 0.1) is 0 Å². The Morgan fingerprint density at radius 3 is 2.55 bits per heavy atom. The molecule has 0 aliphatic heterocycles. The minimum atomic E-state index is 0.231. The summed E-state index contributed by atoms with van der Waals surface area (Å²) in [5.41, 5.74) is 1.27. The van der Waals surface area contributed by atoms with E-state index < -0.39 is 0 Å². The highest BCUT2D eigenvalue weighted by molar-refractivity contribution is 9.10. The Bertz CT molecular complexity index is 525. The predicted octanol–water partition coefficient (Wildman–Crippen LogP) is 4.00. The van der Waals surface area contributed by atoms with E-state index in [-0.39, 0.29) is 12.1 Å². The fourth-order valence-electron chi connectivity index (χ4n) is 2.24. The van der Waals surface area contributed by atoms with Gasteiger partial charge in [0, 0.05) is 17.1 Å². The average Bonchev–Trinajstić information content (AvgIpc) is 2.92. The van der Waals surface area contributed by atoms with E-state index in [2.05, 4.69) is 65.4 Å². The fraction of sp³-hybridized carbons (Fsp3) is 0.375. The van der Waals surface area contributed by atoms with Crippen molar-refractivity contribution in [1.29, 1.82) is 0 Å². The lowest BCUT2D eigenvalue weighted by atomic mass is 10.1. The maximum absolute atomic E-state index is 5.53. The molecule has 108 valence electrons. The quantitative estimate of drug-likeness (QED) is 0.864. The van der Waals surface area contributed by atoms with E-state index in [0.717, 1.165) is 16.8 Å². The van der Waals surface area contributed by atoms with Gasteiger partial charge in [-0.15, -0.1) is 0 Å². The Balaban J connectivity index is 2.01. The van der Waals surface area contributed by atoms with Gasteiger partial charge in [-0.25, -0.2) is 0 Å². The van der Waals surface area contributed by atoms with Crippen molar-refractivity contribution in [3.63, 3.8) is 0 Å². The molecule has 2 aromatic rings. The summed E-state index contributed by atoms with van der Waals surface area (Å²) in [6.07, 6.45) is 1.73. The third kappa shape index (κ3) is 3.72. The van der Waals surface area contributed by atoms with E-state index in [1.165, 1.54) is 5.56 Å². The Morgan fingerprint density at radius 1 is 1.20 bits per heavy atom. The number of likely N-dealkylation sites (N-methyl/N-ethyl adjacent to an activating group) is 1. The molecule has 2 unspecified atom stereocenters. The summed E-state index contributed by atoms with van der Waals surface area (Å²) in [6, 6.07) is 12.8. The second kappa shape index (κ2) is 7.07. The lowest BCUT2D eigenvalue weighted by molar-refractivity contribution is 0.245. The zero-order valence-corrected chi connectivity index (χ0v) is 13.7. The number of nitrogens with one attached hydrogen (secondary N) is 1. The minimum absolute atomic E-state index is 0.231. The van der Waals surface area contributed by atoms with Crippen molar-refractivity contribution in [2.45, 2.75) is 19.0 Å². The lowest BCUT2D eigenvalue weighted by Gasteiger charge is -2.25. The van der Waals surface area contributed by atoms with Crippen molar-refractivity contribution < 1.29 is 4.42 Å². The summed E-state index contributed by atoms with van der Waals surface area (Å²) in [6.45, 7) is 3.01. The van der Waals surface area contributed by atoms with Crippen LogP contribution in [0.1, 0.15) is 30.3 Å². The summed E-state index contributed by atoms with van der Waals surface area (Å²) in [5, 5.41) is 3.58. The maximum atomic E-state index is 5.53. The third-order valence-electron chi connectivity index (χ3n) is 3.48. The molecular weight excluding hydrogens is 316 g/mol. The molecule has 1 N–H and O–H groups in total. The predicted molar refractivity (Wildman–Crippen MR) is 85.7 cm³/mol. The van der Waals surface area contributed by atoms with Gasteiger partial charge in [0.2, 0.25) is 0 Å². The van der Waals surface area contributed by atoms with Gasteiger partial charge in [-0.05, 0) is 44.8 Å². The van der Waals surface area contributed by atoms with Crippen LogP contribution < -0.4 is 5.32 Å². The second-order valence-corrected chi connectivity index (χ2v) is 6.00. The van der Waals surface area contributed by atoms with Gasteiger partial charge in [-0.1, -0.05) is 34.1 Å². The Kier molecular flexibility index (Phi) is 5.40. The fourth-order valence-corrected chi connectivity index (χ4v) is 2.87. The standard InChI is InChI=1S/C16H21BrN2O/c1-12(13-7-4-5-8-14(13)17)18-11-15(19(2)3)16-9-6-10-20-16/h4-10,12,15,18H,11H2,1-3H3. The molecule has 0 amide bonds. The molecule has 2 atom stereocenters. The number of hydrogen-bond donors (Lipinski definition) is 1. The SMILES string of the molecule is CC(NCC(c1ccco1)N(C)C)c1ccccc1Br. The van der Waals surface area contributed by atoms with E-state index in [0.29, 0.717) is 0 Å². The van der Waals surface area contributed by atoms with Crippen molar-refractivity contribution in [3.05, 3.63) is 58.5 Å². The highest BCUT2D eigenvalue weighted by atomic mass is 79.9. The molecule has 1 aromatic heterocycles. The van der Waals surface area contributed by atoms with Crippen LogP contribution in [0.2, 0.25) is 0 Å². The first-order valence-electron chi connectivity index (χ1n) is 6.77. The van der Waals surface area contributed by atoms with Crippen LogP contribution in [0.25, 0.3) is 0 Å². The highest BCUT2D eigenvalue weighted by Gasteiger charge is 2.18. The van der Waals surface area contributed by atoms with E-state index in [1.54, 1.807) is 6.26 Å². The molecular formula is C16H21BrN2O. The van der Waals surface area contributed by atoms with E-state index in [9.17, 15) is 0 Å². The summed E-state index contributed by atoms with van der Waals surface area (Å²) in [7, 11) is 4.13. The van der Waals surface area contributed by atoms with Crippen molar-refractivity contribution >= 4 is 15.9 Å². The zero-order valence-electron chi connectivity index (χ0n) is 12.1. The Morgan fingerprint density at radius 2 is 1.95 bits per heavy atom. The molecule has 20 heavy (non-hydrogen) atoms. The topological polar surface area (TPSA) is 28.4 Å². The molecule has 0 saturated heterocycles. The average molecular weight is 337 g/mol. The molecule has 1 aromatic carbocycles. The molecule has 0 saturated carbocycles. The van der Waals surface area contributed by atoms with Gasteiger partial charge in [0.25, 0.3) is 0 Å². The number of furan rings is 1. The van der Waals surface area contributed by atoms with Gasteiger partial charge in [-0.3, -0.25) is 4.90 Å². The van der Waals surface area contributed by atoms with Crippen molar-refractivity contribution in [2.75, 3.05) is 20.6 Å². The largest absolute Gasteiger partial charge is 0.468 e. The van der Waals surface area contributed by atoms with Gasteiger partial charge in [0.1, 0.15) is 5.76 Å². The highest BCUT2D eigenvalue weighted by Crippen LogP contribution is 2.24. The zero-order chi connectivity index (χ0) is 14.5. The van der Waals surface area contributed by atoms with Gasteiger partial charge in [-0.2, -0.15) is 0 Å². The summed E-state index contributed by atoms with van der Waals surface area (Å²) >= 11 is 3.60. The molecule has 0 spiro atoms. The first-order chi connectivity index (χ1) is 9.59. The first-order valence-corrected chi connectivity index (χ1v) is 7.56. The minimum Gasteiger partial charge on any atom is -0.468 e. The van der Waals surface area contributed by atoms with E-state index in [1.807, 2.05) is 18.2 Å². The van der Waals surface area contributed by atoms with Crippen LogP contribution in [-0.4, -0.2) is 25.5 Å². The van der Waals surface area contributed by atoms with Gasteiger partial charge in [0.15, 0.2) is 0 Å². The summed E-state index contributed by atoms with van der Waals surface area (Å²) in [4.78, 5) is 2.17. The molecule has 4 heteroatoms. The van der Waals surface area contributed by atoms with Crippen molar-refractivity contribution in [2.24, 2.45) is 0 Å². The summed E-state index contributed by atoms with van der Waals surface area (Å²) < 4.78 is 6.67. The van der Waals surface area contributed by atoms with Gasteiger partial charge >= 0.3 is 0 Å². The maximum Gasteiger partial charge on any atom is 0.122 e. The van der Waals surface area contributed by atoms with Crippen LogP contribution in [0.5, 0.6) is 0 Å². The molecule has 0 radical (unpaired) electrons. The van der Waals surface area contributed by atoms with Crippen molar-refractivity contribution in [1.82, 2.24) is 10.2 Å². The molecule has 0 bridgehead atoms. The monoisotopic (exact) mass is 336 g/mol. The Labute approximate surface area is 129 Å². The van der Waals surface area contributed by atoms with Crippen LogP contribution in [0.15, 0.2) is 51.6 Å². The smallest absolute Gasteiger partial charge is 0.122 e. The molecule has 0 aliphatic rings. The lowest BCUT2D eigenvalue weighted by Crippen LogP contribution is -2.32. The number of rotatable bonds is 6. The number of halogens is 1. The molecule has 1 heterocycles. The summed E-state index contributed by atoms with van der Waals surface area (Å²) in [5.74, 6) is 0.988. The first kappa shape index (κ1) is 15.3. The Hall–Kier alpha value is -1.10. The van der Waals surface area contributed by atoms with E-state index in [4.69, 9.17) is 4.42 Å². The molecule has 2 rings (SSSR count). The van der Waals surface area contributed by atoms with Crippen LogP contribution in [0.4, 0.5) is 0 Å². The molecule has 0 aliphatic carbocycles. The van der Waals surface area contributed by atoms with Crippen molar-refractivity contribution in [3.8, 4) is 0 Å². The van der Waals surface area contributed by atoms with Crippen LogP contribution >= 0.6 is 15.9 Å². The molecule has 0 fully saturated rings. The van der Waals surface area contributed by atoms with Gasteiger partial charge < -0.3 is 9.73 Å². The second-order valence-electron chi connectivity index (χ2n) is 5.15. The van der Waals surface area contributed by atoms with Crippen LogP contribution in [0.3, 0.4) is 0 Å². The van der Waals surface area contributed by atoms with E-state index >= 15 is 0 Å². The molecule has 3 nitrogen and oxygen atoms in total. The number of nitrogens with zero attached hydrogens (tertiary/aromatic N) is 1. The normalized spacial score (nSPS) is 14.4. The van der Waals surface area contributed by atoms with Crippen LogP contribution in [-0.2, 0) is 0 Å². The number of hydrogen-bond acceptors (Lipinski definition) is 3.